The van der Waals surface area contributed by atoms with Crippen LogP contribution >= 0.6 is 0 Å². The van der Waals surface area contributed by atoms with Crippen LogP contribution in [0.3, 0.4) is 0 Å². The van der Waals surface area contributed by atoms with Gasteiger partial charge in [-0.3, -0.25) is 4.79 Å². The van der Waals surface area contributed by atoms with E-state index in [1.165, 1.54) is 6.07 Å². The van der Waals surface area contributed by atoms with E-state index < -0.39 is 23.6 Å². The quantitative estimate of drug-likeness (QED) is 0.808. The molecule has 0 saturated carbocycles. The van der Waals surface area contributed by atoms with Crippen LogP contribution in [-0.4, -0.2) is 15.3 Å². The standard InChI is InChI=1S/C16H13F2N3O/c1-10(12-6-5-11(17)8-13(12)18)19-16(22)14-9-21-7-3-2-4-15(21)20-14/h2-10H,1H3,(H,19,22). The van der Waals surface area contributed by atoms with Gasteiger partial charge in [0.1, 0.15) is 23.0 Å². The summed E-state index contributed by atoms with van der Waals surface area (Å²) < 4.78 is 28.3. The Balaban J connectivity index is 1.81. The third-order valence-electron chi connectivity index (χ3n) is 3.37. The lowest BCUT2D eigenvalue weighted by Gasteiger charge is -2.14. The van der Waals surface area contributed by atoms with Crippen LogP contribution in [-0.2, 0) is 0 Å². The fourth-order valence-electron chi connectivity index (χ4n) is 2.25. The largest absolute Gasteiger partial charge is 0.344 e. The molecule has 0 bridgehead atoms. The number of hydrogen-bond donors (Lipinski definition) is 1. The first-order valence-corrected chi connectivity index (χ1v) is 6.74. The Labute approximate surface area is 125 Å². The van der Waals surface area contributed by atoms with Gasteiger partial charge in [0.15, 0.2) is 0 Å². The number of carbonyl (C=O) groups is 1. The Morgan fingerprint density at radius 2 is 2.09 bits per heavy atom. The Morgan fingerprint density at radius 1 is 1.27 bits per heavy atom. The first-order valence-electron chi connectivity index (χ1n) is 6.74. The Bertz CT molecular complexity index is 811. The highest BCUT2D eigenvalue weighted by Crippen LogP contribution is 2.18. The Hall–Kier alpha value is -2.76. The number of amides is 1. The van der Waals surface area contributed by atoms with E-state index in [9.17, 15) is 13.6 Å². The molecule has 3 aromatic rings. The van der Waals surface area contributed by atoms with Crippen molar-refractivity contribution < 1.29 is 13.6 Å². The number of aromatic nitrogens is 2. The average Bonchev–Trinajstić information content (AvgIpc) is 2.91. The summed E-state index contributed by atoms with van der Waals surface area (Å²) in [6, 6.07) is 8.10. The van der Waals surface area contributed by atoms with E-state index in [4.69, 9.17) is 0 Å². The van der Waals surface area contributed by atoms with Crippen LogP contribution in [0.1, 0.15) is 29.0 Å². The Kier molecular flexibility index (Phi) is 3.58. The second-order valence-electron chi connectivity index (χ2n) is 4.95. The SMILES string of the molecule is CC(NC(=O)c1cn2ccccc2n1)c1ccc(F)cc1F. The van der Waals surface area contributed by atoms with Gasteiger partial charge in [0.25, 0.3) is 5.91 Å². The smallest absolute Gasteiger partial charge is 0.271 e. The zero-order valence-electron chi connectivity index (χ0n) is 11.8. The number of halogens is 2. The summed E-state index contributed by atoms with van der Waals surface area (Å²) in [5.74, 6) is -1.76. The summed E-state index contributed by atoms with van der Waals surface area (Å²) in [5.41, 5.74) is 1.10. The molecule has 0 spiro atoms. The molecule has 0 fully saturated rings. The molecule has 2 heterocycles. The lowest BCUT2D eigenvalue weighted by Crippen LogP contribution is -2.27. The number of benzene rings is 1. The van der Waals surface area contributed by atoms with Crippen molar-refractivity contribution in [3.63, 3.8) is 0 Å². The van der Waals surface area contributed by atoms with E-state index in [0.717, 1.165) is 12.1 Å². The highest BCUT2D eigenvalue weighted by molar-refractivity contribution is 5.93. The maximum atomic E-state index is 13.7. The van der Waals surface area contributed by atoms with Crippen molar-refractivity contribution in [3.05, 3.63) is 71.7 Å². The predicted octanol–water partition coefficient (Wildman–Crippen LogP) is 3.10. The second-order valence-corrected chi connectivity index (χ2v) is 4.95. The molecule has 1 unspecified atom stereocenters. The topological polar surface area (TPSA) is 46.4 Å². The van der Waals surface area contributed by atoms with E-state index >= 15 is 0 Å². The van der Waals surface area contributed by atoms with Crippen molar-refractivity contribution in [2.24, 2.45) is 0 Å². The maximum Gasteiger partial charge on any atom is 0.271 e. The molecule has 3 rings (SSSR count). The fourth-order valence-corrected chi connectivity index (χ4v) is 2.25. The molecule has 6 heteroatoms. The number of nitrogens with zero attached hydrogens (tertiary/aromatic N) is 2. The van der Waals surface area contributed by atoms with Crippen molar-refractivity contribution in [2.45, 2.75) is 13.0 Å². The van der Waals surface area contributed by atoms with E-state index in [2.05, 4.69) is 10.3 Å². The van der Waals surface area contributed by atoms with Gasteiger partial charge in [-0.05, 0) is 25.1 Å². The minimum atomic E-state index is -0.692. The zero-order chi connectivity index (χ0) is 15.7. The summed E-state index contributed by atoms with van der Waals surface area (Å²) >= 11 is 0. The number of fused-ring (bicyclic) bond motifs is 1. The predicted molar refractivity (Wildman–Crippen MR) is 77.4 cm³/mol. The van der Waals surface area contributed by atoms with Gasteiger partial charge in [-0.1, -0.05) is 12.1 Å². The molecular formula is C16H13F2N3O. The van der Waals surface area contributed by atoms with Crippen LogP contribution in [0.5, 0.6) is 0 Å². The van der Waals surface area contributed by atoms with Crippen molar-refractivity contribution in [2.75, 3.05) is 0 Å². The van der Waals surface area contributed by atoms with Gasteiger partial charge in [0, 0.05) is 24.0 Å². The van der Waals surface area contributed by atoms with Crippen LogP contribution in [0.15, 0.2) is 48.8 Å². The molecular weight excluding hydrogens is 288 g/mol. The van der Waals surface area contributed by atoms with E-state index in [-0.39, 0.29) is 11.3 Å². The van der Waals surface area contributed by atoms with E-state index in [1.807, 2.05) is 12.1 Å². The second kappa shape index (κ2) is 5.55. The maximum absolute atomic E-state index is 13.7. The molecule has 0 aliphatic heterocycles. The lowest BCUT2D eigenvalue weighted by molar-refractivity contribution is 0.0935. The third-order valence-corrected chi connectivity index (χ3v) is 3.37. The van der Waals surface area contributed by atoms with Crippen molar-refractivity contribution in [3.8, 4) is 0 Å². The minimum Gasteiger partial charge on any atom is -0.344 e. The van der Waals surface area contributed by atoms with Gasteiger partial charge in [-0.25, -0.2) is 13.8 Å². The van der Waals surface area contributed by atoms with Gasteiger partial charge >= 0.3 is 0 Å². The molecule has 0 radical (unpaired) electrons. The molecule has 0 aliphatic rings. The first kappa shape index (κ1) is 14.2. The molecule has 0 saturated heterocycles. The summed E-state index contributed by atoms with van der Waals surface area (Å²) in [6.07, 6.45) is 3.38. The average molecular weight is 301 g/mol. The van der Waals surface area contributed by atoms with Gasteiger partial charge in [0.05, 0.1) is 6.04 Å². The monoisotopic (exact) mass is 301 g/mol. The molecule has 1 amide bonds. The molecule has 4 nitrogen and oxygen atoms in total. The summed E-state index contributed by atoms with van der Waals surface area (Å²) in [5, 5.41) is 2.66. The van der Waals surface area contributed by atoms with Crippen LogP contribution in [0.4, 0.5) is 8.78 Å². The number of nitrogens with one attached hydrogen (secondary N) is 1. The van der Waals surface area contributed by atoms with Crippen LogP contribution in [0, 0.1) is 11.6 Å². The number of carbonyl (C=O) groups excluding carboxylic acids is 1. The number of imidazole rings is 1. The number of hydrogen-bond acceptors (Lipinski definition) is 2. The fraction of sp³-hybridized carbons (Fsp3) is 0.125. The number of pyridine rings is 1. The normalized spacial score (nSPS) is 12.3. The highest BCUT2D eigenvalue weighted by Gasteiger charge is 2.17. The molecule has 2 aromatic heterocycles. The van der Waals surface area contributed by atoms with Crippen molar-refractivity contribution in [1.29, 1.82) is 0 Å². The van der Waals surface area contributed by atoms with Gasteiger partial charge in [0.2, 0.25) is 0 Å². The molecule has 1 atom stereocenters. The van der Waals surface area contributed by atoms with Crippen LogP contribution < -0.4 is 5.32 Å². The Morgan fingerprint density at radius 3 is 2.82 bits per heavy atom. The summed E-state index contributed by atoms with van der Waals surface area (Å²) in [7, 11) is 0. The van der Waals surface area contributed by atoms with Gasteiger partial charge in [-0.15, -0.1) is 0 Å². The molecule has 22 heavy (non-hydrogen) atoms. The third kappa shape index (κ3) is 2.67. The van der Waals surface area contributed by atoms with Gasteiger partial charge in [-0.2, -0.15) is 0 Å². The van der Waals surface area contributed by atoms with E-state index in [1.54, 1.807) is 29.8 Å². The first-order chi connectivity index (χ1) is 10.5. The van der Waals surface area contributed by atoms with Crippen molar-refractivity contribution in [1.82, 2.24) is 14.7 Å². The molecule has 1 aromatic carbocycles. The van der Waals surface area contributed by atoms with Crippen LogP contribution in [0.25, 0.3) is 5.65 Å². The number of rotatable bonds is 3. The van der Waals surface area contributed by atoms with Gasteiger partial charge < -0.3 is 9.72 Å². The lowest BCUT2D eigenvalue weighted by atomic mass is 10.1. The minimum absolute atomic E-state index is 0.221. The molecule has 1 N–H and O–H groups in total. The van der Waals surface area contributed by atoms with Crippen molar-refractivity contribution >= 4 is 11.6 Å². The summed E-state index contributed by atoms with van der Waals surface area (Å²) in [4.78, 5) is 16.4. The molecule has 0 aliphatic carbocycles. The summed E-state index contributed by atoms with van der Waals surface area (Å²) in [6.45, 7) is 1.63. The highest BCUT2D eigenvalue weighted by atomic mass is 19.1. The molecule has 112 valence electrons. The van der Waals surface area contributed by atoms with Crippen LogP contribution in [0.2, 0.25) is 0 Å². The van der Waals surface area contributed by atoms with E-state index in [0.29, 0.717) is 5.65 Å². The zero-order valence-corrected chi connectivity index (χ0v) is 11.8.